The molecule has 0 radical (unpaired) electrons. The lowest BCUT2D eigenvalue weighted by atomic mass is 10.0. The van der Waals surface area contributed by atoms with Crippen LogP contribution >= 0.6 is 23.4 Å². The molecule has 4 rings (SSSR count). The molecule has 0 bridgehead atoms. The standard InChI is InChI=1S/C25H26ClN3O4S/c26-20-7-5-19-6-10-24-22(2-1-11-28-24)25(23(19)16-20)34-15-12-27-17-18-3-8-21(9-4-18)32-13-14-33-29(30)31/h1-5,7-9,11,16,25,27H,6,10,12-15,17H2. The Morgan fingerprint density at radius 1 is 1.12 bits per heavy atom. The first kappa shape index (κ1) is 24.3. The van der Waals surface area contributed by atoms with Gasteiger partial charge in [-0.2, -0.15) is 0 Å². The van der Waals surface area contributed by atoms with Gasteiger partial charge in [-0.1, -0.05) is 35.9 Å². The number of rotatable bonds is 11. The zero-order chi connectivity index (χ0) is 23.8. The molecule has 0 saturated carbocycles. The van der Waals surface area contributed by atoms with Crippen molar-refractivity contribution in [2.75, 3.05) is 25.5 Å². The smallest absolute Gasteiger partial charge is 0.294 e. The fourth-order valence-electron chi connectivity index (χ4n) is 3.99. The molecule has 1 unspecified atom stereocenters. The summed E-state index contributed by atoms with van der Waals surface area (Å²) >= 11 is 8.27. The van der Waals surface area contributed by atoms with Crippen LogP contribution in [0.2, 0.25) is 5.02 Å². The fourth-order valence-corrected chi connectivity index (χ4v) is 5.46. The summed E-state index contributed by atoms with van der Waals surface area (Å²) in [6.45, 7) is 1.65. The summed E-state index contributed by atoms with van der Waals surface area (Å²) in [5, 5.41) is 13.8. The minimum Gasteiger partial charge on any atom is -0.492 e. The van der Waals surface area contributed by atoms with Gasteiger partial charge >= 0.3 is 0 Å². The second kappa shape index (κ2) is 12.1. The largest absolute Gasteiger partial charge is 0.492 e. The SMILES string of the molecule is O=[N+]([O-])OCCOc1ccc(CNCCSC2c3cc(Cl)ccc3CCc3ncccc32)cc1. The molecule has 1 N–H and O–H groups in total. The van der Waals surface area contributed by atoms with Gasteiger partial charge in [0.1, 0.15) is 19.0 Å². The number of halogens is 1. The quantitative estimate of drug-likeness (QED) is 0.225. The van der Waals surface area contributed by atoms with Crippen LogP contribution in [-0.4, -0.2) is 35.6 Å². The van der Waals surface area contributed by atoms with Crippen molar-refractivity contribution in [3.05, 3.63) is 104 Å². The van der Waals surface area contributed by atoms with Gasteiger partial charge in [0.05, 0.1) is 5.25 Å². The summed E-state index contributed by atoms with van der Waals surface area (Å²) in [6.07, 6.45) is 3.80. The van der Waals surface area contributed by atoms with E-state index < -0.39 is 5.09 Å². The summed E-state index contributed by atoms with van der Waals surface area (Å²) in [5.74, 6) is 1.60. The predicted molar refractivity (Wildman–Crippen MR) is 134 cm³/mol. The van der Waals surface area contributed by atoms with Crippen molar-refractivity contribution >= 4 is 23.4 Å². The number of nitrogens with one attached hydrogen (secondary N) is 1. The molecular formula is C25H26ClN3O4S. The van der Waals surface area contributed by atoms with E-state index in [-0.39, 0.29) is 18.5 Å². The number of aryl methyl sites for hydroxylation is 2. The van der Waals surface area contributed by atoms with Gasteiger partial charge in [0.2, 0.25) is 0 Å². The minimum atomic E-state index is -0.824. The highest BCUT2D eigenvalue weighted by Gasteiger charge is 2.24. The Labute approximate surface area is 207 Å². The third-order valence-corrected chi connectivity index (χ3v) is 7.11. The molecule has 178 valence electrons. The number of ether oxygens (including phenoxy) is 1. The Balaban J connectivity index is 1.28. The first-order valence-electron chi connectivity index (χ1n) is 11.1. The summed E-state index contributed by atoms with van der Waals surface area (Å²) in [4.78, 5) is 19.0. The molecule has 1 aliphatic rings. The molecule has 1 heterocycles. The van der Waals surface area contributed by atoms with Gasteiger partial charge in [-0.15, -0.1) is 21.9 Å². The Hall–Kier alpha value is -2.81. The van der Waals surface area contributed by atoms with Gasteiger partial charge in [-0.3, -0.25) is 4.98 Å². The van der Waals surface area contributed by atoms with Crippen LogP contribution in [0.5, 0.6) is 5.75 Å². The molecule has 34 heavy (non-hydrogen) atoms. The van der Waals surface area contributed by atoms with E-state index in [1.54, 1.807) is 0 Å². The van der Waals surface area contributed by atoms with Crippen LogP contribution in [0.3, 0.4) is 0 Å². The van der Waals surface area contributed by atoms with Crippen molar-refractivity contribution in [2.24, 2.45) is 0 Å². The summed E-state index contributed by atoms with van der Waals surface area (Å²) < 4.78 is 5.43. The molecule has 0 amide bonds. The number of benzene rings is 2. The van der Waals surface area contributed by atoms with E-state index in [0.717, 1.165) is 42.3 Å². The van der Waals surface area contributed by atoms with Gasteiger partial charge in [-0.25, -0.2) is 0 Å². The predicted octanol–water partition coefficient (Wildman–Crippen LogP) is 5.03. The third-order valence-electron chi connectivity index (χ3n) is 5.59. The third kappa shape index (κ3) is 6.62. The van der Waals surface area contributed by atoms with Gasteiger partial charge in [0.15, 0.2) is 0 Å². The van der Waals surface area contributed by atoms with Gasteiger partial charge in [-0.05, 0) is 65.4 Å². The first-order valence-corrected chi connectivity index (χ1v) is 12.6. The van der Waals surface area contributed by atoms with Gasteiger partial charge in [0, 0.05) is 35.8 Å². The lowest BCUT2D eigenvalue weighted by molar-refractivity contribution is -0.757. The lowest BCUT2D eigenvalue weighted by Crippen LogP contribution is -2.17. The Kier molecular flexibility index (Phi) is 8.62. The molecule has 0 fully saturated rings. The number of hydrogen-bond donors (Lipinski definition) is 1. The van der Waals surface area contributed by atoms with Crippen LogP contribution in [0.15, 0.2) is 60.8 Å². The average molecular weight is 500 g/mol. The zero-order valence-electron chi connectivity index (χ0n) is 18.6. The molecular weight excluding hydrogens is 474 g/mol. The summed E-state index contributed by atoms with van der Waals surface area (Å²) in [5.41, 5.74) is 6.24. The lowest BCUT2D eigenvalue weighted by Gasteiger charge is -2.20. The fraction of sp³-hybridized carbons (Fsp3) is 0.320. The second-order valence-corrected chi connectivity index (χ2v) is 9.51. The van der Waals surface area contributed by atoms with Gasteiger partial charge < -0.3 is 14.9 Å². The zero-order valence-corrected chi connectivity index (χ0v) is 20.2. The minimum absolute atomic E-state index is 0.0911. The molecule has 0 spiro atoms. The topological polar surface area (TPSA) is 86.5 Å². The molecule has 7 nitrogen and oxygen atoms in total. The molecule has 9 heteroatoms. The van der Waals surface area contributed by atoms with Crippen molar-refractivity contribution in [1.82, 2.24) is 10.3 Å². The maximum absolute atomic E-state index is 10.1. The molecule has 0 saturated heterocycles. The van der Waals surface area contributed by atoms with Crippen LogP contribution in [-0.2, 0) is 24.2 Å². The van der Waals surface area contributed by atoms with E-state index in [4.69, 9.17) is 16.3 Å². The number of fused-ring (bicyclic) bond motifs is 2. The highest BCUT2D eigenvalue weighted by molar-refractivity contribution is 7.99. The normalized spacial score (nSPS) is 14.6. The van der Waals surface area contributed by atoms with E-state index in [0.29, 0.717) is 5.75 Å². The number of nitrogens with zero attached hydrogens (tertiary/aromatic N) is 2. The summed E-state index contributed by atoms with van der Waals surface area (Å²) in [6, 6.07) is 18.1. The molecule has 0 aliphatic heterocycles. The van der Waals surface area contributed by atoms with Crippen LogP contribution in [0.4, 0.5) is 0 Å². The highest BCUT2D eigenvalue weighted by atomic mass is 35.5. The van der Waals surface area contributed by atoms with Crippen LogP contribution < -0.4 is 10.1 Å². The molecule has 1 aliphatic carbocycles. The first-order chi connectivity index (χ1) is 16.6. The van der Waals surface area contributed by atoms with E-state index in [1.807, 2.05) is 54.4 Å². The van der Waals surface area contributed by atoms with E-state index in [2.05, 4.69) is 33.3 Å². The highest BCUT2D eigenvalue weighted by Crippen LogP contribution is 2.41. The number of aromatic nitrogens is 1. The molecule has 1 atom stereocenters. The Morgan fingerprint density at radius 2 is 1.97 bits per heavy atom. The van der Waals surface area contributed by atoms with Crippen molar-refractivity contribution in [3.8, 4) is 5.75 Å². The molecule has 1 aromatic heterocycles. The maximum atomic E-state index is 10.1. The number of hydrogen-bond acceptors (Lipinski definition) is 7. The van der Waals surface area contributed by atoms with E-state index >= 15 is 0 Å². The van der Waals surface area contributed by atoms with Crippen LogP contribution in [0.25, 0.3) is 0 Å². The maximum Gasteiger partial charge on any atom is 0.294 e. The molecule has 2 aromatic carbocycles. The van der Waals surface area contributed by atoms with Crippen molar-refractivity contribution < 1.29 is 14.7 Å². The van der Waals surface area contributed by atoms with E-state index in [1.165, 1.54) is 22.4 Å². The van der Waals surface area contributed by atoms with Crippen LogP contribution in [0.1, 0.15) is 33.2 Å². The van der Waals surface area contributed by atoms with Crippen molar-refractivity contribution in [1.29, 1.82) is 0 Å². The van der Waals surface area contributed by atoms with E-state index in [9.17, 15) is 10.1 Å². The molecule has 3 aromatic rings. The Morgan fingerprint density at radius 3 is 2.79 bits per heavy atom. The van der Waals surface area contributed by atoms with Crippen molar-refractivity contribution in [3.63, 3.8) is 0 Å². The number of pyridine rings is 1. The van der Waals surface area contributed by atoms with Crippen LogP contribution in [0, 0.1) is 10.1 Å². The van der Waals surface area contributed by atoms with Crippen molar-refractivity contribution in [2.45, 2.75) is 24.6 Å². The van der Waals surface area contributed by atoms with Gasteiger partial charge in [0.25, 0.3) is 5.09 Å². The average Bonchev–Trinajstić information content (AvgIpc) is 2.99. The summed E-state index contributed by atoms with van der Waals surface area (Å²) in [7, 11) is 0. The number of thioether (sulfide) groups is 1. The second-order valence-electron chi connectivity index (χ2n) is 7.86. The monoisotopic (exact) mass is 499 g/mol. The Bertz CT molecular complexity index is 1110.